The maximum absolute atomic E-state index is 13.9. The van der Waals surface area contributed by atoms with Crippen molar-refractivity contribution in [2.45, 2.75) is 12.2 Å². The summed E-state index contributed by atoms with van der Waals surface area (Å²) in [5, 5.41) is 12.9. The average molecular weight is 494 g/mol. The Hall–Kier alpha value is -4.68. The van der Waals surface area contributed by atoms with Crippen LogP contribution in [0.3, 0.4) is 0 Å². The summed E-state index contributed by atoms with van der Waals surface area (Å²) in [7, 11) is 1.70. The number of carbonyl (C=O) groups excluding carboxylic acids is 1. The molecule has 1 unspecified atom stereocenters. The van der Waals surface area contributed by atoms with Gasteiger partial charge in [0.2, 0.25) is 5.95 Å². The molecule has 2 N–H and O–H groups in total. The molecular formula is C23H17F3N8O2. The number of benzene rings is 2. The Morgan fingerprint density at radius 2 is 2.03 bits per heavy atom. The predicted octanol–water partition coefficient (Wildman–Crippen LogP) is 3.39. The Bertz CT molecular complexity index is 1660. The lowest BCUT2D eigenvalue weighted by Crippen LogP contribution is -2.36. The number of halogens is 3. The molecule has 5 aromatic rings. The number of carbonyl (C=O) groups is 1. The van der Waals surface area contributed by atoms with Gasteiger partial charge in [-0.05, 0) is 30.3 Å². The van der Waals surface area contributed by atoms with Crippen molar-refractivity contribution in [2.75, 3.05) is 17.2 Å². The zero-order valence-electron chi connectivity index (χ0n) is 18.6. The standard InChI is InChI=1S/C23H17F3N8O2/c1-32-7-6-19(31-32)34(17-10-36-18-9-13(23(24,25)26)3-4-14(17)18)21(35)12-2-5-16-15(8-12)20-30-28-11-33(20)22(27)29-16/h2-9,11,17H,10H2,1H3,(H2,27,29). The van der Waals surface area contributed by atoms with E-state index in [4.69, 9.17) is 10.5 Å². The van der Waals surface area contributed by atoms with Crippen LogP contribution < -0.4 is 15.4 Å². The second-order valence-corrected chi connectivity index (χ2v) is 8.33. The molecule has 4 heterocycles. The third-order valence-corrected chi connectivity index (χ3v) is 6.09. The first-order valence-electron chi connectivity index (χ1n) is 10.8. The molecule has 10 nitrogen and oxygen atoms in total. The molecule has 13 heteroatoms. The van der Waals surface area contributed by atoms with Crippen molar-refractivity contribution < 1.29 is 22.7 Å². The number of fused-ring (bicyclic) bond motifs is 4. The summed E-state index contributed by atoms with van der Waals surface area (Å²) in [5.74, 6) is 0.181. The summed E-state index contributed by atoms with van der Waals surface area (Å²) in [4.78, 5) is 19.7. The van der Waals surface area contributed by atoms with Crippen LogP contribution in [0.5, 0.6) is 5.75 Å². The minimum absolute atomic E-state index is 0.0287. The van der Waals surface area contributed by atoms with Gasteiger partial charge < -0.3 is 10.5 Å². The Labute approximate surface area is 200 Å². The number of nitrogens with two attached hydrogens (primary N) is 1. The van der Waals surface area contributed by atoms with Crippen molar-refractivity contribution in [1.29, 1.82) is 0 Å². The van der Waals surface area contributed by atoms with Gasteiger partial charge in [0, 0.05) is 35.8 Å². The number of ether oxygens (including phenoxy) is 1. The van der Waals surface area contributed by atoms with E-state index in [0.29, 0.717) is 33.5 Å². The Morgan fingerprint density at radius 1 is 1.19 bits per heavy atom. The normalized spacial score (nSPS) is 15.3. The molecule has 36 heavy (non-hydrogen) atoms. The van der Waals surface area contributed by atoms with Gasteiger partial charge in [-0.1, -0.05) is 6.07 Å². The summed E-state index contributed by atoms with van der Waals surface area (Å²) < 4.78 is 48.3. The van der Waals surface area contributed by atoms with Gasteiger partial charge >= 0.3 is 6.18 Å². The minimum Gasteiger partial charge on any atom is -0.491 e. The highest BCUT2D eigenvalue weighted by atomic mass is 19.4. The van der Waals surface area contributed by atoms with Gasteiger partial charge in [-0.3, -0.25) is 18.8 Å². The van der Waals surface area contributed by atoms with Gasteiger partial charge in [0.1, 0.15) is 24.7 Å². The van der Waals surface area contributed by atoms with Crippen LogP contribution in [0.2, 0.25) is 0 Å². The van der Waals surface area contributed by atoms with E-state index in [2.05, 4.69) is 20.3 Å². The lowest BCUT2D eigenvalue weighted by molar-refractivity contribution is -0.137. The van der Waals surface area contributed by atoms with Crippen molar-refractivity contribution in [2.24, 2.45) is 7.05 Å². The van der Waals surface area contributed by atoms with Gasteiger partial charge in [0.05, 0.1) is 11.1 Å². The first-order chi connectivity index (χ1) is 17.2. The fourth-order valence-electron chi connectivity index (χ4n) is 4.37. The molecule has 1 aliphatic heterocycles. The molecular weight excluding hydrogens is 477 g/mol. The number of hydrogen-bond acceptors (Lipinski definition) is 7. The van der Waals surface area contributed by atoms with Crippen molar-refractivity contribution in [1.82, 2.24) is 29.4 Å². The zero-order chi connectivity index (χ0) is 25.2. The fraction of sp³-hybridized carbons (Fsp3) is 0.174. The van der Waals surface area contributed by atoms with Gasteiger partial charge in [0.25, 0.3) is 5.91 Å². The maximum atomic E-state index is 13.9. The highest BCUT2D eigenvalue weighted by Gasteiger charge is 2.38. The lowest BCUT2D eigenvalue weighted by Gasteiger charge is -2.26. The Morgan fingerprint density at radius 3 is 2.78 bits per heavy atom. The molecule has 2 aromatic carbocycles. The van der Waals surface area contributed by atoms with E-state index in [9.17, 15) is 18.0 Å². The summed E-state index contributed by atoms with van der Waals surface area (Å²) in [6, 6.07) is 9.11. The number of hydrogen-bond donors (Lipinski definition) is 1. The summed E-state index contributed by atoms with van der Waals surface area (Å²) in [6.45, 7) is -0.0287. The smallest absolute Gasteiger partial charge is 0.416 e. The van der Waals surface area contributed by atoms with Crippen LogP contribution in [-0.4, -0.2) is 41.9 Å². The lowest BCUT2D eigenvalue weighted by atomic mass is 10.0. The first kappa shape index (κ1) is 21.8. The number of nitrogen functional groups attached to an aromatic ring is 1. The molecule has 0 radical (unpaired) electrons. The van der Waals surface area contributed by atoms with Crippen LogP contribution in [0.4, 0.5) is 24.9 Å². The van der Waals surface area contributed by atoms with E-state index in [0.717, 1.165) is 12.1 Å². The molecule has 1 aliphatic rings. The van der Waals surface area contributed by atoms with Crippen molar-refractivity contribution in [3.8, 4) is 5.75 Å². The van der Waals surface area contributed by atoms with Crippen LogP contribution in [0.1, 0.15) is 27.5 Å². The van der Waals surface area contributed by atoms with E-state index in [-0.39, 0.29) is 18.3 Å². The summed E-state index contributed by atoms with van der Waals surface area (Å²) in [6.07, 6.45) is -1.41. The molecule has 182 valence electrons. The molecule has 6 rings (SSSR count). The quantitative estimate of drug-likeness (QED) is 0.409. The van der Waals surface area contributed by atoms with Crippen molar-refractivity contribution >= 4 is 34.2 Å². The average Bonchev–Trinajstić information content (AvgIpc) is 3.59. The molecule has 0 fully saturated rings. The summed E-state index contributed by atoms with van der Waals surface area (Å²) in [5.41, 5.74) is 6.85. The molecule has 0 saturated carbocycles. The zero-order valence-corrected chi connectivity index (χ0v) is 18.6. The molecule has 0 spiro atoms. The van der Waals surface area contributed by atoms with E-state index >= 15 is 0 Å². The van der Waals surface area contributed by atoms with Gasteiger partial charge in [0.15, 0.2) is 11.5 Å². The number of anilines is 2. The highest BCUT2D eigenvalue weighted by Crippen LogP contribution is 2.42. The predicted molar refractivity (Wildman–Crippen MR) is 122 cm³/mol. The van der Waals surface area contributed by atoms with Crippen molar-refractivity contribution in [3.05, 3.63) is 71.7 Å². The molecule has 0 bridgehead atoms. The van der Waals surface area contributed by atoms with Crippen molar-refractivity contribution in [3.63, 3.8) is 0 Å². The molecule has 1 amide bonds. The number of aryl methyl sites for hydroxylation is 1. The Kier molecular flexibility index (Phi) is 4.65. The summed E-state index contributed by atoms with van der Waals surface area (Å²) >= 11 is 0. The van der Waals surface area contributed by atoms with Crippen LogP contribution in [0.15, 0.2) is 55.0 Å². The van der Waals surface area contributed by atoms with E-state index < -0.39 is 23.7 Å². The fourth-order valence-corrected chi connectivity index (χ4v) is 4.37. The van der Waals surface area contributed by atoms with Crippen LogP contribution in [0, 0.1) is 0 Å². The SMILES string of the molecule is Cn1ccc(N(C(=O)c2ccc3nc(N)n4cnnc4c3c2)C2COc3cc(C(F)(F)F)ccc32)n1. The van der Waals surface area contributed by atoms with E-state index in [1.807, 2.05) is 0 Å². The number of alkyl halides is 3. The second kappa shape index (κ2) is 7.66. The van der Waals surface area contributed by atoms with Gasteiger partial charge in [-0.15, -0.1) is 10.2 Å². The third kappa shape index (κ3) is 3.39. The number of aromatic nitrogens is 6. The minimum atomic E-state index is -4.51. The maximum Gasteiger partial charge on any atom is 0.416 e. The number of amides is 1. The number of rotatable bonds is 3. The second-order valence-electron chi connectivity index (χ2n) is 8.33. The van der Waals surface area contributed by atoms with E-state index in [1.165, 1.54) is 26.4 Å². The van der Waals surface area contributed by atoms with Crippen LogP contribution >= 0.6 is 0 Å². The van der Waals surface area contributed by atoms with Crippen LogP contribution in [-0.2, 0) is 13.2 Å². The molecule has 1 atom stereocenters. The highest BCUT2D eigenvalue weighted by molar-refractivity contribution is 6.09. The van der Waals surface area contributed by atoms with Gasteiger partial charge in [-0.2, -0.15) is 18.3 Å². The Balaban J connectivity index is 1.46. The largest absolute Gasteiger partial charge is 0.491 e. The number of nitrogens with zero attached hydrogens (tertiary/aromatic N) is 7. The molecule has 3 aromatic heterocycles. The first-order valence-corrected chi connectivity index (χ1v) is 10.8. The monoisotopic (exact) mass is 494 g/mol. The molecule has 0 aliphatic carbocycles. The van der Waals surface area contributed by atoms with Gasteiger partial charge in [-0.25, -0.2) is 4.98 Å². The topological polar surface area (TPSA) is 116 Å². The van der Waals surface area contributed by atoms with Crippen LogP contribution in [0.25, 0.3) is 16.6 Å². The molecule has 0 saturated heterocycles. The third-order valence-electron chi connectivity index (χ3n) is 6.09. The van der Waals surface area contributed by atoms with E-state index in [1.54, 1.807) is 37.5 Å².